The second-order valence-electron chi connectivity index (χ2n) is 2.44. The molecule has 1 unspecified atom stereocenters. The number of carbonyl (C=O) groups is 1. The van der Waals surface area contributed by atoms with Crippen molar-refractivity contribution in [1.82, 2.24) is 4.90 Å². The van der Waals surface area contributed by atoms with Crippen LogP contribution in [0.2, 0.25) is 0 Å². The largest absolute Gasteiger partial charge is 0.365 e. The van der Waals surface area contributed by atoms with Crippen molar-refractivity contribution in [2.24, 2.45) is 5.73 Å². The van der Waals surface area contributed by atoms with Crippen LogP contribution in [0.4, 0.5) is 0 Å². The summed E-state index contributed by atoms with van der Waals surface area (Å²) in [4.78, 5) is 12.5. The number of hydrogen-bond donors (Lipinski definition) is 1. The van der Waals surface area contributed by atoms with Crippen molar-refractivity contribution in [2.75, 3.05) is 26.7 Å². The molecule has 0 bridgehead atoms. The van der Waals surface area contributed by atoms with E-state index in [4.69, 9.17) is 10.5 Å². The monoisotopic (exact) mass is 144 g/mol. The molecule has 1 fully saturated rings. The van der Waals surface area contributed by atoms with Crippen LogP contribution in [-0.2, 0) is 9.53 Å². The lowest BCUT2D eigenvalue weighted by Crippen LogP contribution is -2.47. The van der Waals surface area contributed by atoms with E-state index in [0.29, 0.717) is 13.1 Å². The van der Waals surface area contributed by atoms with E-state index >= 15 is 0 Å². The molecule has 1 saturated heterocycles. The van der Waals surface area contributed by atoms with Crippen molar-refractivity contribution >= 4 is 5.91 Å². The average Bonchev–Trinajstić information content (AvgIpc) is 1.95. The normalized spacial score (nSPS) is 27.2. The summed E-state index contributed by atoms with van der Waals surface area (Å²) in [6, 6.07) is 0. The highest BCUT2D eigenvalue weighted by Gasteiger charge is 2.21. The van der Waals surface area contributed by atoms with Crippen molar-refractivity contribution in [1.29, 1.82) is 0 Å². The van der Waals surface area contributed by atoms with Crippen molar-refractivity contribution in [3.8, 4) is 0 Å². The van der Waals surface area contributed by atoms with Crippen molar-refractivity contribution < 1.29 is 9.53 Å². The van der Waals surface area contributed by atoms with Gasteiger partial charge in [0.2, 0.25) is 5.91 Å². The Kier molecular flexibility index (Phi) is 2.24. The molecule has 10 heavy (non-hydrogen) atoms. The molecule has 4 heteroatoms. The summed E-state index contributed by atoms with van der Waals surface area (Å²) in [6.45, 7) is 1.28. The van der Waals surface area contributed by atoms with Gasteiger partial charge in [0.25, 0.3) is 0 Å². The maximum atomic E-state index is 10.8. The average molecular weight is 144 g/mol. The van der Waals surface area contributed by atoms with Gasteiger partial charge in [-0.1, -0.05) is 0 Å². The number of rotatable bonds is 1. The van der Waals surface area contributed by atoms with Crippen LogP contribution in [0.3, 0.4) is 0 Å². The van der Waals surface area contributed by atoms with Crippen molar-refractivity contribution in [3.05, 3.63) is 0 Å². The lowest BCUT2D eigenvalue weighted by Gasteiger charge is -2.28. The molecule has 4 nitrogen and oxygen atoms in total. The van der Waals surface area contributed by atoms with E-state index in [-0.39, 0.29) is 18.6 Å². The molecule has 2 N–H and O–H groups in total. The fourth-order valence-electron chi connectivity index (χ4n) is 0.902. The quantitative estimate of drug-likeness (QED) is 0.503. The first-order chi connectivity index (χ1) is 4.74. The lowest BCUT2D eigenvalue weighted by atomic mass is 10.3. The van der Waals surface area contributed by atoms with Gasteiger partial charge in [-0.25, -0.2) is 0 Å². The maximum Gasteiger partial charge on any atom is 0.248 e. The summed E-state index contributed by atoms with van der Waals surface area (Å²) in [7, 11) is 1.76. The highest BCUT2D eigenvalue weighted by molar-refractivity contribution is 5.77. The fourth-order valence-corrected chi connectivity index (χ4v) is 0.902. The second kappa shape index (κ2) is 2.98. The van der Waals surface area contributed by atoms with E-state index in [1.165, 1.54) is 0 Å². The standard InChI is InChI=1S/C6H12N2O2/c1-8-3-5(2-7)10-4-6(8)9/h5H,2-4,7H2,1H3. The summed E-state index contributed by atoms with van der Waals surface area (Å²) in [5.41, 5.74) is 5.35. The predicted octanol–water partition coefficient (Wildman–Crippen LogP) is -1.20. The number of carbonyl (C=O) groups excluding carboxylic acids is 1. The van der Waals surface area contributed by atoms with E-state index in [2.05, 4.69) is 0 Å². The molecule has 0 saturated carbocycles. The number of nitrogens with zero attached hydrogens (tertiary/aromatic N) is 1. The molecule has 1 rings (SSSR count). The maximum absolute atomic E-state index is 10.8. The molecule has 58 valence electrons. The van der Waals surface area contributed by atoms with Crippen molar-refractivity contribution in [3.63, 3.8) is 0 Å². The first-order valence-corrected chi connectivity index (χ1v) is 3.29. The van der Waals surface area contributed by atoms with Gasteiger partial charge in [0, 0.05) is 20.1 Å². The number of hydrogen-bond acceptors (Lipinski definition) is 3. The molecule has 0 aromatic heterocycles. The smallest absolute Gasteiger partial charge is 0.248 e. The van der Waals surface area contributed by atoms with E-state index < -0.39 is 0 Å². The summed E-state index contributed by atoms with van der Waals surface area (Å²) < 4.78 is 5.09. The Hall–Kier alpha value is -0.610. The molecule has 1 heterocycles. The van der Waals surface area contributed by atoms with Gasteiger partial charge in [-0.05, 0) is 0 Å². The predicted molar refractivity (Wildman–Crippen MR) is 36.4 cm³/mol. The SMILES string of the molecule is CN1CC(CN)OCC1=O. The van der Waals surface area contributed by atoms with Crippen LogP contribution >= 0.6 is 0 Å². The number of ether oxygens (including phenoxy) is 1. The zero-order chi connectivity index (χ0) is 7.56. The highest BCUT2D eigenvalue weighted by atomic mass is 16.5. The molecule has 1 aliphatic heterocycles. The van der Waals surface area contributed by atoms with Gasteiger partial charge < -0.3 is 15.4 Å². The molecule has 0 radical (unpaired) electrons. The van der Waals surface area contributed by atoms with E-state index in [1.54, 1.807) is 11.9 Å². The summed E-state index contributed by atoms with van der Waals surface area (Å²) in [6.07, 6.45) is 0.0303. The van der Waals surface area contributed by atoms with Gasteiger partial charge in [0.1, 0.15) is 6.61 Å². The molecule has 1 amide bonds. The van der Waals surface area contributed by atoms with Gasteiger partial charge in [-0.2, -0.15) is 0 Å². The third-order valence-electron chi connectivity index (χ3n) is 1.61. The van der Waals surface area contributed by atoms with Gasteiger partial charge >= 0.3 is 0 Å². The summed E-state index contributed by atoms with van der Waals surface area (Å²) >= 11 is 0. The lowest BCUT2D eigenvalue weighted by molar-refractivity contribution is -0.146. The van der Waals surface area contributed by atoms with Crippen LogP contribution in [0.5, 0.6) is 0 Å². The molecule has 0 aromatic rings. The van der Waals surface area contributed by atoms with Crippen LogP contribution in [0, 0.1) is 0 Å². The Morgan fingerprint density at radius 3 is 3.10 bits per heavy atom. The molecule has 1 atom stereocenters. The van der Waals surface area contributed by atoms with Gasteiger partial charge in [-0.15, -0.1) is 0 Å². The van der Waals surface area contributed by atoms with Crippen LogP contribution in [0.15, 0.2) is 0 Å². The number of amides is 1. The summed E-state index contributed by atoms with van der Waals surface area (Å²) in [5.74, 6) is 0.0321. The Balaban J connectivity index is 2.40. The Morgan fingerprint density at radius 2 is 2.60 bits per heavy atom. The van der Waals surface area contributed by atoms with E-state index in [0.717, 1.165) is 0 Å². The number of nitrogens with two attached hydrogens (primary N) is 1. The van der Waals surface area contributed by atoms with Gasteiger partial charge in [0.05, 0.1) is 6.10 Å². The molecular weight excluding hydrogens is 132 g/mol. The number of morpholine rings is 1. The summed E-state index contributed by atoms with van der Waals surface area (Å²) in [5, 5.41) is 0. The molecule has 0 aromatic carbocycles. The molecule has 0 spiro atoms. The zero-order valence-electron chi connectivity index (χ0n) is 6.04. The molecular formula is C6H12N2O2. The van der Waals surface area contributed by atoms with Crippen LogP contribution in [-0.4, -0.2) is 43.7 Å². The topological polar surface area (TPSA) is 55.6 Å². The number of likely N-dealkylation sites (N-methyl/N-ethyl adjacent to an activating group) is 1. The molecule has 0 aliphatic carbocycles. The fraction of sp³-hybridized carbons (Fsp3) is 0.833. The van der Waals surface area contributed by atoms with E-state index in [9.17, 15) is 4.79 Å². The van der Waals surface area contributed by atoms with Crippen LogP contribution < -0.4 is 5.73 Å². The Morgan fingerprint density at radius 1 is 1.90 bits per heavy atom. The third kappa shape index (κ3) is 1.46. The van der Waals surface area contributed by atoms with Gasteiger partial charge in [-0.3, -0.25) is 4.79 Å². The van der Waals surface area contributed by atoms with Crippen LogP contribution in [0.1, 0.15) is 0 Å². The van der Waals surface area contributed by atoms with E-state index in [1.807, 2.05) is 0 Å². The Labute approximate surface area is 59.9 Å². The zero-order valence-corrected chi connectivity index (χ0v) is 6.04. The third-order valence-corrected chi connectivity index (χ3v) is 1.61. The molecule has 1 aliphatic rings. The first kappa shape index (κ1) is 7.50. The van der Waals surface area contributed by atoms with Gasteiger partial charge in [0.15, 0.2) is 0 Å². The van der Waals surface area contributed by atoms with Crippen LogP contribution in [0.25, 0.3) is 0 Å². The first-order valence-electron chi connectivity index (χ1n) is 3.29. The minimum Gasteiger partial charge on any atom is -0.365 e. The minimum absolute atomic E-state index is 0.0303. The highest BCUT2D eigenvalue weighted by Crippen LogP contribution is 2.01. The minimum atomic E-state index is 0.0303. The Bertz CT molecular complexity index is 138. The second-order valence-corrected chi connectivity index (χ2v) is 2.44. The van der Waals surface area contributed by atoms with Crippen molar-refractivity contribution in [2.45, 2.75) is 6.10 Å².